The van der Waals surface area contributed by atoms with Gasteiger partial charge in [0.25, 0.3) is 0 Å². The summed E-state index contributed by atoms with van der Waals surface area (Å²) in [6.07, 6.45) is 2.72. The third-order valence-electron chi connectivity index (χ3n) is 4.59. The van der Waals surface area contributed by atoms with Gasteiger partial charge >= 0.3 is 0 Å². The molecule has 1 saturated carbocycles. The Labute approximate surface area is 151 Å². The van der Waals surface area contributed by atoms with Crippen molar-refractivity contribution in [2.75, 3.05) is 20.7 Å². The number of rotatable bonds is 7. The Morgan fingerprint density at radius 1 is 1.31 bits per heavy atom. The van der Waals surface area contributed by atoms with E-state index in [2.05, 4.69) is 10.3 Å². The lowest BCUT2D eigenvalue weighted by atomic mass is 9.82. The number of aliphatic hydroxyl groups is 1. The van der Waals surface area contributed by atoms with Crippen molar-refractivity contribution in [1.29, 1.82) is 0 Å². The summed E-state index contributed by atoms with van der Waals surface area (Å²) in [5, 5.41) is 17.1. The maximum atomic E-state index is 12.4. The molecule has 1 N–H and O–H groups in total. The lowest BCUT2D eigenvalue weighted by molar-refractivity contribution is -0.132. The molecule has 1 aliphatic rings. The van der Waals surface area contributed by atoms with Gasteiger partial charge in [0.05, 0.1) is 19.4 Å². The number of hydrogen-bond acceptors (Lipinski definition) is 6. The monoisotopic (exact) mass is 358 g/mol. The molecular weight excluding hydrogens is 336 g/mol. The first kappa shape index (κ1) is 18.1. The van der Waals surface area contributed by atoms with Gasteiger partial charge in [0, 0.05) is 19.2 Å². The van der Waals surface area contributed by atoms with Crippen LogP contribution in [-0.4, -0.2) is 63.5 Å². The molecular formula is C18H22N4O4. The van der Waals surface area contributed by atoms with Crippen molar-refractivity contribution in [2.45, 2.75) is 25.5 Å². The molecule has 0 unspecified atom stereocenters. The summed E-state index contributed by atoms with van der Waals surface area (Å²) in [5.74, 6) is 0.641. The van der Waals surface area contributed by atoms with Gasteiger partial charge in [0.2, 0.25) is 11.7 Å². The molecule has 8 heteroatoms. The molecule has 0 bridgehead atoms. The van der Waals surface area contributed by atoms with Crippen LogP contribution < -0.4 is 4.74 Å². The zero-order valence-corrected chi connectivity index (χ0v) is 14.8. The van der Waals surface area contributed by atoms with Crippen LogP contribution >= 0.6 is 0 Å². The minimum Gasteiger partial charge on any atom is -0.497 e. The summed E-state index contributed by atoms with van der Waals surface area (Å²) < 4.78 is 6.44. The smallest absolute Gasteiger partial charge is 0.244 e. The second-order valence-electron chi connectivity index (χ2n) is 6.62. The molecule has 1 aromatic carbocycles. The number of aromatic nitrogens is 3. The number of ether oxygens (including phenoxy) is 1. The highest BCUT2D eigenvalue weighted by atomic mass is 16.5. The predicted octanol–water partition coefficient (Wildman–Crippen LogP) is 0.747. The summed E-state index contributed by atoms with van der Waals surface area (Å²) >= 11 is 0. The first-order chi connectivity index (χ1) is 12.5. The number of benzene rings is 1. The normalized spacial score (nSPS) is 18.9. The molecule has 2 aromatic rings. The summed E-state index contributed by atoms with van der Waals surface area (Å²) in [6.45, 7) is 0.636. The van der Waals surface area contributed by atoms with Gasteiger partial charge < -0.3 is 14.7 Å². The first-order valence-corrected chi connectivity index (χ1v) is 8.47. The first-order valence-electron chi connectivity index (χ1n) is 8.47. The van der Waals surface area contributed by atoms with E-state index in [9.17, 15) is 14.7 Å². The van der Waals surface area contributed by atoms with Gasteiger partial charge in [-0.25, -0.2) is 4.68 Å². The highest BCUT2D eigenvalue weighted by molar-refractivity contribution is 6.07. The molecule has 26 heavy (non-hydrogen) atoms. The Kier molecular flexibility index (Phi) is 5.32. The molecule has 0 radical (unpaired) electrons. The van der Waals surface area contributed by atoms with Crippen molar-refractivity contribution < 1.29 is 19.4 Å². The quantitative estimate of drug-likeness (QED) is 0.734. The van der Waals surface area contributed by atoms with Gasteiger partial charge in [0.1, 0.15) is 12.3 Å². The van der Waals surface area contributed by atoms with Gasteiger partial charge in [-0.3, -0.25) is 9.59 Å². The van der Waals surface area contributed by atoms with Crippen LogP contribution in [0.3, 0.4) is 0 Å². The number of carbonyl (C=O) groups is 2. The Bertz CT molecular complexity index is 781. The lowest BCUT2D eigenvalue weighted by Crippen LogP contribution is -2.40. The van der Waals surface area contributed by atoms with Crippen LogP contribution in [0.4, 0.5) is 0 Å². The number of likely N-dealkylation sites (N-methyl/N-ethyl adjacent to an activating group) is 1. The minimum atomic E-state index is -0.261. The SMILES string of the molecule is COc1ccc(C(=O)c2cn(CC(=O)N(C)CC3CC(O)C3)nn2)cc1. The highest BCUT2D eigenvalue weighted by Crippen LogP contribution is 2.27. The van der Waals surface area contributed by atoms with Crippen LogP contribution in [0.1, 0.15) is 28.9 Å². The van der Waals surface area contributed by atoms with Gasteiger partial charge in [-0.05, 0) is 43.0 Å². The van der Waals surface area contributed by atoms with Crippen molar-refractivity contribution in [3.8, 4) is 5.75 Å². The Morgan fingerprint density at radius 3 is 2.62 bits per heavy atom. The van der Waals surface area contributed by atoms with Crippen LogP contribution in [0, 0.1) is 5.92 Å². The van der Waals surface area contributed by atoms with Crippen LogP contribution in [0.2, 0.25) is 0 Å². The highest BCUT2D eigenvalue weighted by Gasteiger charge is 2.29. The Balaban J connectivity index is 1.58. The average molecular weight is 358 g/mol. The van der Waals surface area contributed by atoms with Crippen molar-refractivity contribution in [2.24, 2.45) is 5.92 Å². The number of amides is 1. The molecule has 1 aromatic heterocycles. The molecule has 0 aliphatic heterocycles. The van der Waals surface area contributed by atoms with E-state index in [1.165, 1.54) is 10.9 Å². The van der Waals surface area contributed by atoms with Gasteiger partial charge in [0.15, 0.2) is 5.69 Å². The molecule has 1 fully saturated rings. The fourth-order valence-electron chi connectivity index (χ4n) is 2.97. The molecule has 8 nitrogen and oxygen atoms in total. The average Bonchev–Trinajstić information content (AvgIpc) is 3.08. The van der Waals surface area contributed by atoms with Crippen LogP contribution in [0.15, 0.2) is 30.5 Å². The minimum absolute atomic E-state index is 0.0225. The van der Waals surface area contributed by atoms with E-state index in [-0.39, 0.29) is 30.0 Å². The van der Waals surface area contributed by atoms with E-state index in [1.807, 2.05) is 0 Å². The molecule has 1 amide bonds. The van der Waals surface area contributed by atoms with Crippen molar-refractivity contribution in [3.63, 3.8) is 0 Å². The number of hydrogen-bond donors (Lipinski definition) is 1. The summed E-state index contributed by atoms with van der Waals surface area (Å²) in [4.78, 5) is 26.3. The number of ketones is 1. The number of nitrogens with zero attached hydrogens (tertiary/aromatic N) is 4. The van der Waals surface area contributed by atoms with E-state index >= 15 is 0 Å². The largest absolute Gasteiger partial charge is 0.497 e. The van der Waals surface area contributed by atoms with Crippen LogP contribution in [0.25, 0.3) is 0 Å². The second-order valence-corrected chi connectivity index (χ2v) is 6.62. The zero-order chi connectivity index (χ0) is 18.7. The van der Waals surface area contributed by atoms with E-state index in [4.69, 9.17) is 4.74 Å². The molecule has 3 rings (SSSR count). The molecule has 138 valence electrons. The fourth-order valence-corrected chi connectivity index (χ4v) is 2.97. The summed E-state index contributed by atoms with van der Waals surface area (Å²) in [5.41, 5.74) is 0.664. The van der Waals surface area contributed by atoms with E-state index in [1.54, 1.807) is 43.3 Å². The standard InChI is InChI=1S/C18H22N4O4/c1-21(9-12-7-14(23)8-12)17(24)11-22-10-16(19-20-22)18(25)13-3-5-15(26-2)6-4-13/h3-6,10,12,14,23H,7-9,11H2,1-2H3. The van der Waals surface area contributed by atoms with E-state index < -0.39 is 0 Å². The second kappa shape index (κ2) is 7.65. The maximum absolute atomic E-state index is 12.4. The molecule has 0 spiro atoms. The zero-order valence-electron chi connectivity index (χ0n) is 14.8. The number of aliphatic hydroxyl groups excluding tert-OH is 1. The number of methoxy groups -OCH3 is 1. The van der Waals surface area contributed by atoms with Crippen LogP contribution in [-0.2, 0) is 11.3 Å². The van der Waals surface area contributed by atoms with Gasteiger partial charge in [-0.15, -0.1) is 5.10 Å². The molecule has 0 saturated heterocycles. The number of carbonyl (C=O) groups excluding carboxylic acids is 2. The fraction of sp³-hybridized carbons (Fsp3) is 0.444. The van der Waals surface area contributed by atoms with Crippen molar-refractivity contribution >= 4 is 11.7 Å². The Hall–Kier alpha value is -2.74. The lowest BCUT2D eigenvalue weighted by Gasteiger charge is -2.34. The summed E-state index contributed by atoms with van der Waals surface area (Å²) in [7, 11) is 3.29. The molecule has 1 heterocycles. The van der Waals surface area contributed by atoms with E-state index in [0.29, 0.717) is 23.8 Å². The summed E-state index contributed by atoms with van der Waals surface area (Å²) in [6, 6.07) is 6.72. The van der Waals surface area contributed by atoms with Crippen molar-refractivity contribution in [3.05, 3.63) is 41.7 Å². The van der Waals surface area contributed by atoms with Gasteiger partial charge in [-0.1, -0.05) is 5.21 Å². The van der Waals surface area contributed by atoms with Crippen molar-refractivity contribution in [1.82, 2.24) is 19.9 Å². The molecule has 1 aliphatic carbocycles. The third kappa shape index (κ3) is 4.08. The topological polar surface area (TPSA) is 97.5 Å². The van der Waals surface area contributed by atoms with Crippen LogP contribution in [0.5, 0.6) is 5.75 Å². The third-order valence-corrected chi connectivity index (χ3v) is 4.59. The predicted molar refractivity (Wildman–Crippen MR) is 92.8 cm³/mol. The van der Waals surface area contributed by atoms with Gasteiger partial charge in [-0.2, -0.15) is 0 Å². The molecule has 0 atom stereocenters. The maximum Gasteiger partial charge on any atom is 0.244 e. The van der Waals surface area contributed by atoms with E-state index in [0.717, 1.165) is 12.8 Å². The Morgan fingerprint density at radius 2 is 2.00 bits per heavy atom.